The number of hydrogen-bond donors (Lipinski definition) is 3. The number of carbonyl (C=O) groups excluding carboxylic acids is 1. The van der Waals surface area contributed by atoms with Gasteiger partial charge in [-0.1, -0.05) is 0 Å². The monoisotopic (exact) mass is 261 g/mol. The minimum Gasteiger partial charge on any atom is -0.497 e. The SMILES string of the molecule is COc1ccc2[nH]c(C)c(C(=O)NCC(C)N)c2c1. The van der Waals surface area contributed by atoms with Crippen molar-refractivity contribution >= 4 is 16.8 Å². The summed E-state index contributed by atoms with van der Waals surface area (Å²) in [6, 6.07) is 5.56. The number of amides is 1. The zero-order chi connectivity index (χ0) is 14.0. The molecule has 5 heteroatoms. The standard InChI is InChI=1S/C14H19N3O2/c1-8(15)7-16-14(18)13-9(2)17-12-5-4-10(19-3)6-11(12)13/h4-6,8,17H,7,15H2,1-3H3,(H,16,18). The van der Waals surface area contributed by atoms with Crippen LogP contribution in [0.1, 0.15) is 23.0 Å². The van der Waals surface area contributed by atoms with E-state index in [4.69, 9.17) is 10.5 Å². The van der Waals surface area contributed by atoms with Gasteiger partial charge in [0, 0.05) is 29.2 Å². The van der Waals surface area contributed by atoms with E-state index in [1.165, 1.54) is 0 Å². The fourth-order valence-corrected chi connectivity index (χ4v) is 2.07. The van der Waals surface area contributed by atoms with Gasteiger partial charge in [0.15, 0.2) is 0 Å². The molecule has 1 aromatic carbocycles. The predicted octanol–water partition coefficient (Wildman–Crippen LogP) is 1.56. The van der Waals surface area contributed by atoms with Crippen molar-refractivity contribution in [1.29, 1.82) is 0 Å². The molecule has 1 atom stereocenters. The number of aromatic nitrogens is 1. The third-order valence-electron chi connectivity index (χ3n) is 3.00. The third kappa shape index (κ3) is 2.71. The van der Waals surface area contributed by atoms with Gasteiger partial charge in [0.05, 0.1) is 12.7 Å². The molecule has 2 rings (SSSR count). The van der Waals surface area contributed by atoms with Crippen LogP contribution >= 0.6 is 0 Å². The lowest BCUT2D eigenvalue weighted by Crippen LogP contribution is -2.35. The van der Waals surface area contributed by atoms with Gasteiger partial charge in [0.1, 0.15) is 5.75 Å². The molecule has 5 nitrogen and oxygen atoms in total. The fourth-order valence-electron chi connectivity index (χ4n) is 2.07. The molecule has 102 valence electrons. The molecule has 0 spiro atoms. The van der Waals surface area contributed by atoms with Crippen LogP contribution in [0.15, 0.2) is 18.2 Å². The Hall–Kier alpha value is -2.01. The smallest absolute Gasteiger partial charge is 0.253 e. The highest BCUT2D eigenvalue weighted by Gasteiger charge is 2.16. The average molecular weight is 261 g/mol. The Kier molecular flexibility index (Phi) is 3.76. The van der Waals surface area contributed by atoms with Crippen LogP contribution < -0.4 is 15.8 Å². The molecule has 0 aliphatic carbocycles. The van der Waals surface area contributed by atoms with Crippen LogP contribution in [0.5, 0.6) is 5.75 Å². The number of aryl methyl sites for hydroxylation is 1. The van der Waals surface area contributed by atoms with Crippen molar-refractivity contribution in [2.45, 2.75) is 19.9 Å². The van der Waals surface area contributed by atoms with Gasteiger partial charge in [0.2, 0.25) is 0 Å². The second-order valence-corrected chi connectivity index (χ2v) is 4.72. The van der Waals surface area contributed by atoms with Crippen molar-refractivity contribution in [3.8, 4) is 5.75 Å². The number of ether oxygens (including phenoxy) is 1. The maximum Gasteiger partial charge on any atom is 0.253 e. The summed E-state index contributed by atoms with van der Waals surface area (Å²) in [5, 5.41) is 3.69. The van der Waals surface area contributed by atoms with Crippen molar-refractivity contribution in [2.24, 2.45) is 5.73 Å². The van der Waals surface area contributed by atoms with E-state index >= 15 is 0 Å². The summed E-state index contributed by atoms with van der Waals surface area (Å²) in [5.74, 6) is 0.613. The summed E-state index contributed by atoms with van der Waals surface area (Å²) in [5.41, 5.74) is 8.05. The number of nitrogens with two attached hydrogens (primary N) is 1. The van der Waals surface area contributed by atoms with Crippen LogP contribution in [0.25, 0.3) is 10.9 Å². The van der Waals surface area contributed by atoms with E-state index in [2.05, 4.69) is 10.3 Å². The van der Waals surface area contributed by atoms with Gasteiger partial charge >= 0.3 is 0 Å². The zero-order valence-electron chi connectivity index (χ0n) is 11.4. The van der Waals surface area contributed by atoms with Crippen molar-refractivity contribution in [1.82, 2.24) is 10.3 Å². The van der Waals surface area contributed by atoms with Crippen LogP contribution in [0.2, 0.25) is 0 Å². The number of aromatic amines is 1. The summed E-state index contributed by atoms with van der Waals surface area (Å²) in [7, 11) is 1.61. The van der Waals surface area contributed by atoms with Crippen LogP contribution in [-0.4, -0.2) is 30.6 Å². The second kappa shape index (κ2) is 5.32. The summed E-state index contributed by atoms with van der Waals surface area (Å²) in [4.78, 5) is 15.4. The lowest BCUT2D eigenvalue weighted by atomic mass is 10.1. The second-order valence-electron chi connectivity index (χ2n) is 4.72. The maximum atomic E-state index is 12.2. The summed E-state index contributed by atoms with van der Waals surface area (Å²) in [6.07, 6.45) is 0. The highest BCUT2D eigenvalue weighted by atomic mass is 16.5. The first-order chi connectivity index (χ1) is 9.02. The third-order valence-corrected chi connectivity index (χ3v) is 3.00. The van der Waals surface area contributed by atoms with Crippen LogP contribution in [0, 0.1) is 6.92 Å². The summed E-state index contributed by atoms with van der Waals surface area (Å²) < 4.78 is 5.20. The molecule has 0 radical (unpaired) electrons. The Bertz CT molecular complexity index is 602. The number of fused-ring (bicyclic) bond motifs is 1. The Morgan fingerprint density at radius 2 is 2.26 bits per heavy atom. The molecule has 1 unspecified atom stereocenters. The number of nitrogens with one attached hydrogen (secondary N) is 2. The number of H-pyrrole nitrogens is 1. The van der Waals surface area contributed by atoms with E-state index in [1.54, 1.807) is 7.11 Å². The lowest BCUT2D eigenvalue weighted by Gasteiger charge is -2.08. The topological polar surface area (TPSA) is 80.1 Å². The lowest BCUT2D eigenvalue weighted by molar-refractivity contribution is 0.0953. The van der Waals surface area contributed by atoms with Crippen LogP contribution in [0.4, 0.5) is 0 Å². The van der Waals surface area contributed by atoms with Crippen molar-refractivity contribution in [3.63, 3.8) is 0 Å². The molecule has 1 amide bonds. The first kappa shape index (κ1) is 13.4. The summed E-state index contributed by atoms with van der Waals surface area (Å²) >= 11 is 0. The first-order valence-corrected chi connectivity index (χ1v) is 6.23. The molecule has 0 fully saturated rings. The van der Waals surface area contributed by atoms with E-state index in [1.807, 2.05) is 32.0 Å². The van der Waals surface area contributed by atoms with E-state index in [9.17, 15) is 4.79 Å². The number of rotatable bonds is 4. The maximum absolute atomic E-state index is 12.2. The number of carbonyl (C=O) groups is 1. The van der Waals surface area contributed by atoms with E-state index in [0.717, 1.165) is 22.3 Å². The highest BCUT2D eigenvalue weighted by molar-refractivity contribution is 6.08. The quantitative estimate of drug-likeness (QED) is 0.781. The Morgan fingerprint density at radius 3 is 2.89 bits per heavy atom. The van der Waals surface area contributed by atoms with Gasteiger partial charge in [0.25, 0.3) is 5.91 Å². The Balaban J connectivity index is 2.40. The van der Waals surface area contributed by atoms with Gasteiger partial charge in [-0.15, -0.1) is 0 Å². The molecule has 0 aliphatic rings. The minimum atomic E-state index is -0.116. The minimum absolute atomic E-state index is 0.0657. The number of benzene rings is 1. The average Bonchev–Trinajstić information content (AvgIpc) is 2.70. The molecule has 0 aliphatic heterocycles. The molecule has 4 N–H and O–H groups in total. The van der Waals surface area contributed by atoms with Gasteiger partial charge in [-0.05, 0) is 32.0 Å². The zero-order valence-corrected chi connectivity index (χ0v) is 11.4. The Morgan fingerprint density at radius 1 is 1.53 bits per heavy atom. The number of methoxy groups -OCH3 is 1. The largest absolute Gasteiger partial charge is 0.497 e. The Labute approximate surface area is 112 Å². The van der Waals surface area contributed by atoms with E-state index < -0.39 is 0 Å². The predicted molar refractivity (Wildman–Crippen MR) is 75.6 cm³/mol. The first-order valence-electron chi connectivity index (χ1n) is 6.23. The highest BCUT2D eigenvalue weighted by Crippen LogP contribution is 2.26. The van der Waals surface area contributed by atoms with Crippen molar-refractivity contribution in [2.75, 3.05) is 13.7 Å². The van der Waals surface area contributed by atoms with E-state index in [-0.39, 0.29) is 11.9 Å². The van der Waals surface area contributed by atoms with Crippen LogP contribution in [0.3, 0.4) is 0 Å². The van der Waals surface area contributed by atoms with Crippen molar-refractivity contribution in [3.05, 3.63) is 29.5 Å². The normalized spacial score (nSPS) is 12.4. The van der Waals surface area contributed by atoms with Crippen molar-refractivity contribution < 1.29 is 9.53 Å². The molecule has 1 heterocycles. The molecule has 1 aromatic heterocycles. The van der Waals surface area contributed by atoms with Gasteiger partial charge in [-0.2, -0.15) is 0 Å². The van der Waals surface area contributed by atoms with Gasteiger partial charge in [-0.25, -0.2) is 0 Å². The van der Waals surface area contributed by atoms with Crippen LogP contribution in [-0.2, 0) is 0 Å². The molecule has 19 heavy (non-hydrogen) atoms. The van der Waals surface area contributed by atoms with Gasteiger partial charge in [-0.3, -0.25) is 4.79 Å². The molecule has 2 aromatic rings. The molecular formula is C14H19N3O2. The van der Waals surface area contributed by atoms with Gasteiger partial charge < -0.3 is 20.8 Å². The molecular weight excluding hydrogens is 242 g/mol. The molecule has 0 saturated carbocycles. The molecule has 0 saturated heterocycles. The fraction of sp³-hybridized carbons (Fsp3) is 0.357. The summed E-state index contributed by atoms with van der Waals surface area (Å²) in [6.45, 7) is 4.19. The molecule has 0 bridgehead atoms. The van der Waals surface area contributed by atoms with E-state index in [0.29, 0.717) is 12.1 Å². The number of hydrogen-bond acceptors (Lipinski definition) is 3.